The molecule has 0 aliphatic carbocycles. The molecule has 168 valence electrons. The van der Waals surface area contributed by atoms with E-state index in [9.17, 15) is 13.2 Å². The van der Waals surface area contributed by atoms with Gasteiger partial charge < -0.3 is 5.32 Å². The molecule has 0 spiro atoms. The molecule has 0 heterocycles. The van der Waals surface area contributed by atoms with Crippen LogP contribution in [0.25, 0.3) is 0 Å². The van der Waals surface area contributed by atoms with Crippen LogP contribution in [0.3, 0.4) is 0 Å². The van der Waals surface area contributed by atoms with Gasteiger partial charge in [0.1, 0.15) is 6.54 Å². The van der Waals surface area contributed by atoms with E-state index in [-0.39, 0.29) is 21.6 Å². The summed E-state index contributed by atoms with van der Waals surface area (Å²) in [5.41, 5.74) is 4.64. The number of nitrogens with zero attached hydrogens (tertiary/aromatic N) is 1. The van der Waals surface area contributed by atoms with Crippen LogP contribution in [0, 0.1) is 20.8 Å². The predicted molar refractivity (Wildman–Crippen MR) is 130 cm³/mol. The topological polar surface area (TPSA) is 66.5 Å². The maximum absolute atomic E-state index is 13.4. The summed E-state index contributed by atoms with van der Waals surface area (Å²) in [5.74, 6) is -0.422. The Kier molecular flexibility index (Phi) is 7.26. The molecule has 0 unspecified atom stereocenters. The average molecular weight is 471 g/mol. The molecule has 1 amide bonds. The second-order valence-electron chi connectivity index (χ2n) is 7.86. The third-order valence-electron chi connectivity index (χ3n) is 5.47. The number of rotatable bonds is 7. The van der Waals surface area contributed by atoms with Crippen molar-refractivity contribution in [2.45, 2.75) is 38.6 Å². The zero-order valence-corrected chi connectivity index (χ0v) is 20.2. The largest absolute Gasteiger partial charge is 0.348 e. The second kappa shape index (κ2) is 9.76. The number of hydrogen-bond donors (Lipinski definition) is 1. The van der Waals surface area contributed by atoms with Crippen LogP contribution in [0.5, 0.6) is 0 Å². The van der Waals surface area contributed by atoms with Crippen LogP contribution in [0.1, 0.15) is 35.2 Å². The zero-order chi connectivity index (χ0) is 23.5. The van der Waals surface area contributed by atoms with Gasteiger partial charge >= 0.3 is 0 Å². The van der Waals surface area contributed by atoms with Crippen molar-refractivity contribution in [1.29, 1.82) is 0 Å². The highest BCUT2D eigenvalue weighted by Crippen LogP contribution is 2.30. The first kappa shape index (κ1) is 23.8. The molecule has 0 fully saturated rings. The summed E-state index contributed by atoms with van der Waals surface area (Å²) in [4.78, 5) is 13.1. The van der Waals surface area contributed by atoms with E-state index in [1.165, 1.54) is 17.7 Å². The lowest BCUT2D eigenvalue weighted by molar-refractivity contribution is -0.120. The van der Waals surface area contributed by atoms with E-state index in [2.05, 4.69) is 17.4 Å². The van der Waals surface area contributed by atoms with Gasteiger partial charge in [-0.3, -0.25) is 9.10 Å². The number of carbonyl (C=O) groups excluding carboxylic acids is 1. The Morgan fingerprint density at radius 1 is 0.938 bits per heavy atom. The van der Waals surface area contributed by atoms with Crippen LogP contribution in [-0.2, 0) is 14.8 Å². The molecule has 0 aliphatic rings. The van der Waals surface area contributed by atoms with Gasteiger partial charge in [-0.1, -0.05) is 54.1 Å². The lowest BCUT2D eigenvalue weighted by atomic mass is 9.96. The van der Waals surface area contributed by atoms with Crippen LogP contribution in [0.4, 0.5) is 5.69 Å². The molecule has 5 nitrogen and oxygen atoms in total. The smallest absolute Gasteiger partial charge is 0.264 e. The standard InChI is InChI=1S/C25H27ClN2O3S/c1-17-14-19(3)22(15-18(17)2)20(4)27-25(29)16-28(24-13-9-8-12-23(24)26)32(30,31)21-10-6-5-7-11-21/h5-15,20H,16H2,1-4H3,(H,27,29)/t20-/m1/s1. The molecule has 7 heteroatoms. The minimum absolute atomic E-state index is 0.0887. The summed E-state index contributed by atoms with van der Waals surface area (Å²) < 4.78 is 27.9. The molecular weight excluding hydrogens is 444 g/mol. The van der Waals surface area contributed by atoms with E-state index in [4.69, 9.17) is 11.6 Å². The van der Waals surface area contributed by atoms with Gasteiger partial charge in [0.25, 0.3) is 10.0 Å². The Morgan fingerprint density at radius 3 is 2.19 bits per heavy atom. The lowest BCUT2D eigenvalue weighted by Gasteiger charge is -2.26. The van der Waals surface area contributed by atoms with Crippen molar-refractivity contribution >= 4 is 33.2 Å². The predicted octanol–water partition coefficient (Wildman–Crippen LogP) is 5.34. The first-order valence-electron chi connectivity index (χ1n) is 10.3. The van der Waals surface area contributed by atoms with Crippen LogP contribution < -0.4 is 9.62 Å². The molecule has 3 aromatic carbocycles. The Bertz CT molecular complexity index is 1230. The number of halogens is 1. The number of amides is 1. The number of aryl methyl sites for hydroxylation is 3. The van der Waals surface area contributed by atoms with Crippen molar-refractivity contribution < 1.29 is 13.2 Å². The summed E-state index contributed by atoms with van der Waals surface area (Å²) in [6, 6.07) is 18.5. The second-order valence-corrected chi connectivity index (χ2v) is 10.1. The van der Waals surface area contributed by atoms with Crippen molar-refractivity contribution in [2.24, 2.45) is 0 Å². The summed E-state index contributed by atoms with van der Waals surface area (Å²) in [6.07, 6.45) is 0. The van der Waals surface area contributed by atoms with Crippen molar-refractivity contribution in [3.05, 3.63) is 94.0 Å². The Hall–Kier alpha value is -2.83. The summed E-state index contributed by atoms with van der Waals surface area (Å²) >= 11 is 6.31. The number of para-hydroxylation sites is 1. The molecule has 0 aromatic heterocycles. The monoisotopic (exact) mass is 470 g/mol. The third kappa shape index (κ3) is 5.14. The van der Waals surface area contributed by atoms with E-state index >= 15 is 0 Å². The normalized spacial score (nSPS) is 12.3. The first-order valence-corrected chi connectivity index (χ1v) is 12.1. The molecule has 0 saturated carbocycles. The summed E-state index contributed by atoms with van der Waals surface area (Å²) in [5, 5.41) is 3.19. The fraction of sp³-hybridized carbons (Fsp3) is 0.240. The average Bonchev–Trinajstić information content (AvgIpc) is 2.75. The molecule has 3 rings (SSSR count). The molecule has 1 atom stereocenters. The summed E-state index contributed by atoms with van der Waals surface area (Å²) in [7, 11) is -4.00. The fourth-order valence-electron chi connectivity index (χ4n) is 3.62. The molecule has 0 saturated heterocycles. The van der Waals surface area contributed by atoms with Gasteiger partial charge in [-0.05, 0) is 74.2 Å². The number of benzene rings is 3. The highest BCUT2D eigenvalue weighted by molar-refractivity contribution is 7.92. The van der Waals surface area contributed by atoms with E-state index in [0.717, 1.165) is 21.0 Å². The molecule has 0 radical (unpaired) electrons. The highest BCUT2D eigenvalue weighted by Gasteiger charge is 2.29. The Morgan fingerprint density at radius 2 is 1.53 bits per heavy atom. The van der Waals surface area contributed by atoms with Crippen LogP contribution in [0.2, 0.25) is 5.02 Å². The van der Waals surface area contributed by atoms with Crippen molar-refractivity contribution in [3.8, 4) is 0 Å². The molecule has 0 bridgehead atoms. The van der Waals surface area contributed by atoms with Gasteiger partial charge in [0.2, 0.25) is 5.91 Å². The van der Waals surface area contributed by atoms with Crippen molar-refractivity contribution in [3.63, 3.8) is 0 Å². The van der Waals surface area contributed by atoms with Gasteiger partial charge in [-0.25, -0.2) is 8.42 Å². The zero-order valence-electron chi connectivity index (χ0n) is 18.6. The quantitative estimate of drug-likeness (QED) is 0.507. The van der Waals surface area contributed by atoms with Crippen LogP contribution in [0.15, 0.2) is 71.6 Å². The van der Waals surface area contributed by atoms with E-state index in [0.29, 0.717) is 0 Å². The fourth-order valence-corrected chi connectivity index (χ4v) is 5.37. The summed E-state index contributed by atoms with van der Waals surface area (Å²) in [6.45, 7) is 7.57. The van der Waals surface area contributed by atoms with Gasteiger partial charge in [-0.15, -0.1) is 0 Å². The first-order chi connectivity index (χ1) is 15.1. The number of sulfonamides is 1. The highest BCUT2D eigenvalue weighted by atomic mass is 35.5. The molecular formula is C25H27ClN2O3S. The minimum Gasteiger partial charge on any atom is -0.348 e. The van der Waals surface area contributed by atoms with Crippen molar-refractivity contribution in [2.75, 3.05) is 10.8 Å². The SMILES string of the molecule is Cc1cc(C)c([C@@H](C)NC(=O)CN(c2ccccc2Cl)S(=O)(=O)c2ccccc2)cc1C. The van der Waals surface area contributed by atoms with E-state index in [1.807, 2.05) is 27.7 Å². The Balaban J connectivity index is 1.91. The van der Waals surface area contributed by atoms with Crippen molar-refractivity contribution in [1.82, 2.24) is 5.32 Å². The number of carbonyl (C=O) groups is 1. The molecule has 32 heavy (non-hydrogen) atoms. The number of anilines is 1. The Labute approximate surface area is 195 Å². The molecule has 3 aromatic rings. The maximum atomic E-state index is 13.4. The minimum atomic E-state index is -4.00. The van der Waals surface area contributed by atoms with Crippen LogP contribution >= 0.6 is 11.6 Å². The molecule has 1 N–H and O–H groups in total. The lowest BCUT2D eigenvalue weighted by Crippen LogP contribution is -2.41. The number of hydrogen-bond acceptors (Lipinski definition) is 3. The molecule has 0 aliphatic heterocycles. The number of nitrogens with one attached hydrogen (secondary N) is 1. The van der Waals surface area contributed by atoms with Crippen LogP contribution in [-0.4, -0.2) is 20.9 Å². The van der Waals surface area contributed by atoms with E-state index < -0.39 is 22.5 Å². The van der Waals surface area contributed by atoms with E-state index in [1.54, 1.807) is 42.5 Å². The van der Waals surface area contributed by atoms with Gasteiger partial charge in [0.05, 0.1) is 21.6 Å². The van der Waals surface area contributed by atoms with Gasteiger partial charge in [0, 0.05) is 0 Å². The van der Waals surface area contributed by atoms with Gasteiger partial charge in [0.15, 0.2) is 0 Å². The van der Waals surface area contributed by atoms with Gasteiger partial charge in [-0.2, -0.15) is 0 Å². The maximum Gasteiger partial charge on any atom is 0.264 e. The third-order valence-corrected chi connectivity index (χ3v) is 7.56.